The fourth-order valence-corrected chi connectivity index (χ4v) is 4.43. The lowest BCUT2D eigenvalue weighted by Crippen LogP contribution is -2.27. The number of nitrogens with zero attached hydrogens (tertiary/aromatic N) is 1. The number of aromatic nitrogens is 1. The van der Waals surface area contributed by atoms with E-state index in [9.17, 15) is 19.2 Å². The van der Waals surface area contributed by atoms with Crippen LogP contribution in [0.4, 0.5) is 0 Å². The van der Waals surface area contributed by atoms with Crippen LogP contribution in [-0.4, -0.2) is 56.0 Å². The lowest BCUT2D eigenvalue weighted by Gasteiger charge is -2.15. The second kappa shape index (κ2) is 14.2. The van der Waals surface area contributed by atoms with Gasteiger partial charge in [-0.3, -0.25) is 14.4 Å². The van der Waals surface area contributed by atoms with Crippen LogP contribution in [0, 0.1) is 11.8 Å². The second-order valence-corrected chi connectivity index (χ2v) is 10.1. The molecular formula is C33H34N2O7. The van der Waals surface area contributed by atoms with Gasteiger partial charge >= 0.3 is 11.9 Å². The number of methoxy groups -OCH3 is 1. The van der Waals surface area contributed by atoms with Crippen molar-refractivity contribution in [2.75, 3.05) is 26.9 Å². The van der Waals surface area contributed by atoms with Crippen LogP contribution in [0.2, 0.25) is 0 Å². The topological polar surface area (TPSA) is 121 Å². The summed E-state index contributed by atoms with van der Waals surface area (Å²) in [7, 11) is 1.48. The third kappa shape index (κ3) is 7.69. The number of nitrogens with one attached hydrogen (secondary N) is 1. The van der Waals surface area contributed by atoms with E-state index in [0.29, 0.717) is 42.0 Å². The summed E-state index contributed by atoms with van der Waals surface area (Å²) in [6.45, 7) is 5.68. The Morgan fingerprint density at radius 2 is 1.76 bits per heavy atom. The molecule has 0 spiro atoms. The van der Waals surface area contributed by atoms with Gasteiger partial charge in [-0.15, -0.1) is 0 Å². The van der Waals surface area contributed by atoms with E-state index in [1.165, 1.54) is 13.2 Å². The highest BCUT2D eigenvalue weighted by atomic mass is 16.6. The van der Waals surface area contributed by atoms with Crippen LogP contribution >= 0.6 is 0 Å². The highest BCUT2D eigenvalue weighted by Crippen LogP contribution is 2.33. The van der Waals surface area contributed by atoms with E-state index >= 15 is 0 Å². The quantitative estimate of drug-likeness (QED) is 0.165. The van der Waals surface area contributed by atoms with Crippen molar-refractivity contribution in [1.82, 2.24) is 10.3 Å². The lowest BCUT2D eigenvalue weighted by atomic mass is 9.95. The molecule has 0 saturated heterocycles. The third-order valence-electron chi connectivity index (χ3n) is 6.96. The summed E-state index contributed by atoms with van der Waals surface area (Å²) in [6.07, 6.45) is 4.87. The van der Waals surface area contributed by atoms with Gasteiger partial charge in [-0.05, 0) is 60.6 Å². The SMILES string of the molecule is C=Cc1cc(C=O)c(-c2ccc(C(=O)NCC3CC3)nc2C(=O)OCCOC(=O)[C@@H](C)Cc2ccccc2)cc1OC. The molecule has 9 nitrogen and oxygen atoms in total. The molecule has 1 fully saturated rings. The number of hydrogen-bond donors (Lipinski definition) is 1. The molecule has 1 heterocycles. The summed E-state index contributed by atoms with van der Waals surface area (Å²) >= 11 is 0. The van der Waals surface area contributed by atoms with Crippen molar-refractivity contribution in [3.8, 4) is 16.9 Å². The zero-order valence-corrected chi connectivity index (χ0v) is 23.8. The molecule has 218 valence electrons. The summed E-state index contributed by atoms with van der Waals surface area (Å²) in [5.74, 6) is -1.14. The summed E-state index contributed by atoms with van der Waals surface area (Å²) in [4.78, 5) is 54.8. The molecule has 2 aromatic carbocycles. The van der Waals surface area contributed by atoms with Crippen LogP contribution in [0.1, 0.15) is 62.2 Å². The van der Waals surface area contributed by atoms with Crippen molar-refractivity contribution in [2.45, 2.75) is 26.2 Å². The molecule has 3 aromatic rings. The predicted molar refractivity (Wildman–Crippen MR) is 157 cm³/mol. The first-order valence-corrected chi connectivity index (χ1v) is 13.8. The van der Waals surface area contributed by atoms with Gasteiger partial charge in [0.1, 0.15) is 24.7 Å². The molecule has 0 aliphatic heterocycles. The Labute approximate surface area is 244 Å². The summed E-state index contributed by atoms with van der Waals surface area (Å²) in [6, 6.07) is 15.8. The van der Waals surface area contributed by atoms with Crippen LogP contribution < -0.4 is 10.1 Å². The number of ether oxygens (including phenoxy) is 3. The molecule has 42 heavy (non-hydrogen) atoms. The maximum atomic E-state index is 13.3. The summed E-state index contributed by atoms with van der Waals surface area (Å²) in [5, 5.41) is 2.84. The molecular weight excluding hydrogens is 536 g/mol. The third-order valence-corrected chi connectivity index (χ3v) is 6.96. The number of carbonyl (C=O) groups excluding carboxylic acids is 4. The average molecular weight is 571 g/mol. The highest BCUT2D eigenvalue weighted by molar-refractivity contribution is 6.01. The molecule has 1 aromatic heterocycles. The molecule has 9 heteroatoms. The normalized spacial score (nSPS) is 13.0. The van der Waals surface area contributed by atoms with Crippen LogP contribution in [0.25, 0.3) is 17.2 Å². The Bertz CT molecular complexity index is 1460. The summed E-state index contributed by atoms with van der Waals surface area (Å²) < 4.78 is 16.2. The van der Waals surface area contributed by atoms with E-state index in [4.69, 9.17) is 14.2 Å². The Hall–Kier alpha value is -4.79. The fourth-order valence-electron chi connectivity index (χ4n) is 4.43. The fraction of sp³-hybridized carbons (Fsp3) is 0.303. The van der Waals surface area contributed by atoms with E-state index in [0.717, 1.165) is 18.4 Å². The molecule has 1 aliphatic rings. The lowest BCUT2D eigenvalue weighted by molar-refractivity contribution is -0.149. The number of hydrogen-bond acceptors (Lipinski definition) is 8. The van der Waals surface area contributed by atoms with E-state index in [1.807, 2.05) is 30.3 Å². The maximum Gasteiger partial charge on any atom is 0.357 e. The zero-order chi connectivity index (χ0) is 30.1. The Kier molecular flexibility index (Phi) is 10.2. The first kappa shape index (κ1) is 30.2. The van der Waals surface area contributed by atoms with Gasteiger partial charge in [0.2, 0.25) is 0 Å². The van der Waals surface area contributed by atoms with Crippen molar-refractivity contribution < 1.29 is 33.4 Å². The van der Waals surface area contributed by atoms with E-state index < -0.39 is 17.8 Å². The number of aldehydes is 1. The molecule has 1 atom stereocenters. The number of benzene rings is 2. The minimum Gasteiger partial charge on any atom is -0.496 e. The van der Waals surface area contributed by atoms with Crippen LogP contribution in [-0.2, 0) is 20.7 Å². The Morgan fingerprint density at radius 1 is 1.02 bits per heavy atom. The number of pyridine rings is 1. The zero-order valence-electron chi connectivity index (χ0n) is 23.8. The van der Waals surface area contributed by atoms with Gasteiger partial charge in [0.25, 0.3) is 5.91 Å². The summed E-state index contributed by atoms with van der Waals surface area (Å²) in [5.41, 5.74) is 2.42. The smallest absolute Gasteiger partial charge is 0.357 e. The van der Waals surface area contributed by atoms with E-state index in [1.54, 1.807) is 31.2 Å². The number of esters is 2. The molecule has 1 aliphatic carbocycles. The Morgan fingerprint density at radius 3 is 2.43 bits per heavy atom. The molecule has 1 amide bonds. The van der Waals surface area contributed by atoms with Crippen molar-refractivity contribution >= 4 is 30.2 Å². The first-order valence-electron chi connectivity index (χ1n) is 13.8. The molecule has 0 radical (unpaired) electrons. The molecule has 1 N–H and O–H groups in total. The molecule has 4 rings (SSSR count). The van der Waals surface area contributed by atoms with Gasteiger partial charge in [-0.1, -0.05) is 49.9 Å². The van der Waals surface area contributed by atoms with Gasteiger partial charge in [0.15, 0.2) is 12.0 Å². The van der Waals surface area contributed by atoms with Crippen LogP contribution in [0.5, 0.6) is 5.75 Å². The maximum absolute atomic E-state index is 13.3. The van der Waals surface area contributed by atoms with Crippen molar-refractivity contribution in [3.63, 3.8) is 0 Å². The average Bonchev–Trinajstić information content (AvgIpc) is 3.85. The highest BCUT2D eigenvalue weighted by Gasteiger charge is 2.25. The van der Waals surface area contributed by atoms with Crippen molar-refractivity contribution in [2.24, 2.45) is 11.8 Å². The van der Waals surface area contributed by atoms with Crippen molar-refractivity contribution in [1.29, 1.82) is 0 Å². The van der Waals surface area contributed by atoms with E-state index in [-0.39, 0.29) is 41.6 Å². The molecule has 0 unspecified atom stereocenters. The predicted octanol–water partition coefficient (Wildman–Crippen LogP) is 4.93. The van der Waals surface area contributed by atoms with Crippen LogP contribution in [0.15, 0.2) is 61.2 Å². The standard InChI is InChI=1S/C33H34N2O7/c1-4-24-17-25(20-36)27(18-29(24)40-3)26-12-13-28(31(37)34-19-23-10-11-23)35-30(26)33(39)42-15-14-41-32(38)21(2)16-22-8-6-5-7-9-22/h4-9,12-13,17-18,20-21,23H,1,10-11,14-16,19H2,2-3H3,(H,34,37)/t21-/m0/s1. The number of rotatable bonds is 14. The first-order chi connectivity index (χ1) is 20.3. The number of amides is 1. The van der Waals surface area contributed by atoms with Gasteiger partial charge in [-0.2, -0.15) is 0 Å². The van der Waals surface area contributed by atoms with Crippen molar-refractivity contribution in [3.05, 3.63) is 89.3 Å². The number of carbonyl (C=O) groups is 4. The largest absolute Gasteiger partial charge is 0.496 e. The minimum absolute atomic E-state index is 0.0369. The van der Waals surface area contributed by atoms with Gasteiger partial charge in [0.05, 0.1) is 13.0 Å². The second-order valence-electron chi connectivity index (χ2n) is 10.1. The molecule has 0 bridgehead atoms. The van der Waals surface area contributed by atoms with Gasteiger partial charge in [0, 0.05) is 23.2 Å². The minimum atomic E-state index is -0.834. The van der Waals surface area contributed by atoms with E-state index in [2.05, 4.69) is 16.9 Å². The molecule has 1 saturated carbocycles. The Balaban J connectivity index is 1.51. The van der Waals surface area contributed by atoms with Gasteiger partial charge in [-0.25, -0.2) is 9.78 Å². The monoisotopic (exact) mass is 570 g/mol. The van der Waals surface area contributed by atoms with Gasteiger partial charge < -0.3 is 19.5 Å². The van der Waals surface area contributed by atoms with Crippen LogP contribution in [0.3, 0.4) is 0 Å².